The third kappa shape index (κ3) is 4.06. The predicted molar refractivity (Wildman–Crippen MR) is 78.6 cm³/mol. The molecule has 0 bridgehead atoms. The van der Waals surface area contributed by atoms with E-state index in [1.165, 1.54) is 12.1 Å². The molecule has 7 heteroatoms. The molecule has 2 rings (SSSR count). The lowest BCUT2D eigenvalue weighted by Crippen LogP contribution is -2.14. The summed E-state index contributed by atoms with van der Waals surface area (Å²) in [6.07, 6.45) is 1.92. The molecule has 0 aliphatic heterocycles. The molecule has 0 atom stereocenters. The summed E-state index contributed by atoms with van der Waals surface area (Å²) in [6.45, 7) is 2.22. The number of carboxylic acid groups (broad SMARTS) is 1. The van der Waals surface area contributed by atoms with Crippen LogP contribution in [0.1, 0.15) is 22.5 Å². The first kappa shape index (κ1) is 15.1. The van der Waals surface area contributed by atoms with Crippen molar-refractivity contribution in [3.63, 3.8) is 0 Å². The number of benzene rings is 1. The fourth-order valence-electron chi connectivity index (χ4n) is 1.74. The van der Waals surface area contributed by atoms with Crippen molar-refractivity contribution in [3.8, 4) is 0 Å². The lowest BCUT2D eigenvalue weighted by Gasteiger charge is -2.05. The number of amides is 1. The number of carboxylic acids is 1. The number of aromatic carboxylic acids is 1. The van der Waals surface area contributed by atoms with Gasteiger partial charge in [0, 0.05) is 24.8 Å². The molecule has 1 amide bonds. The van der Waals surface area contributed by atoms with Crippen molar-refractivity contribution < 1.29 is 14.7 Å². The minimum atomic E-state index is -1.00. The molecule has 0 fully saturated rings. The van der Waals surface area contributed by atoms with Crippen LogP contribution in [0.25, 0.3) is 0 Å². The van der Waals surface area contributed by atoms with Gasteiger partial charge in [-0.25, -0.2) is 4.79 Å². The van der Waals surface area contributed by atoms with E-state index in [2.05, 4.69) is 10.4 Å². The Kier molecular flexibility index (Phi) is 4.59. The molecule has 0 radical (unpaired) electrons. The maximum atomic E-state index is 11.8. The van der Waals surface area contributed by atoms with Crippen LogP contribution in [0.2, 0.25) is 5.02 Å². The van der Waals surface area contributed by atoms with Gasteiger partial charge in [0.1, 0.15) is 0 Å². The quantitative estimate of drug-likeness (QED) is 0.889. The highest BCUT2D eigenvalue weighted by molar-refractivity contribution is 6.31. The van der Waals surface area contributed by atoms with E-state index in [0.717, 1.165) is 5.69 Å². The normalized spacial score (nSPS) is 10.4. The van der Waals surface area contributed by atoms with E-state index in [4.69, 9.17) is 16.7 Å². The van der Waals surface area contributed by atoms with Gasteiger partial charge in [-0.1, -0.05) is 11.6 Å². The Balaban J connectivity index is 1.88. The monoisotopic (exact) mass is 307 g/mol. The molecule has 0 saturated carbocycles. The van der Waals surface area contributed by atoms with Crippen LogP contribution in [0.3, 0.4) is 0 Å². The first-order valence-electron chi connectivity index (χ1n) is 6.28. The van der Waals surface area contributed by atoms with E-state index in [-0.39, 0.29) is 17.9 Å². The Morgan fingerprint density at radius 1 is 1.33 bits per heavy atom. The van der Waals surface area contributed by atoms with Crippen LogP contribution in [-0.2, 0) is 11.3 Å². The third-order valence-electron chi connectivity index (χ3n) is 2.87. The van der Waals surface area contributed by atoms with Gasteiger partial charge in [-0.3, -0.25) is 9.48 Å². The summed E-state index contributed by atoms with van der Waals surface area (Å²) >= 11 is 5.88. The zero-order chi connectivity index (χ0) is 15.4. The number of hydrogen-bond donors (Lipinski definition) is 2. The van der Waals surface area contributed by atoms with Gasteiger partial charge in [0.05, 0.1) is 16.3 Å². The lowest BCUT2D eigenvalue weighted by atomic mass is 10.2. The van der Waals surface area contributed by atoms with Crippen molar-refractivity contribution >= 4 is 29.2 Å². The summed E-state index contributed by atoms with van der Waals surface area (Å²) in [7, 11) is 0. The molecule has 1 aromatic heterocycles. The van der Waals surface area contributed by atoms with E-state index in [9.17, 15) is 9.59 Å². The fraction of sp³-hybridized carbons (Fsp3) is 0.214. The number of nitrogens with one attached hydrogen (secondary N) is 1. The number of aromatic nitrogens is 2. The molecule has 6 nitrogen and oxygen atoms in total. The van der Waals surface area contributed by atoms with Gasteiger partial charge in [0.15, 0.2) is 0 Å². The highest BCUT2D eigenvalue weighted by Gasteiger charge is 2.07. The number of aryl methyl sites for hydroxylation is 2. The average Bonchev–Trinajstić information content (AvgIpc) is 2.76. The first-order chi connectivity index (χ1) is 9.95. The number of carbonyl (C=O) groups is 2. The number of halogens is 1. The molecule has 1 aromatic carbocycles. The van der Waals surface area contributed by atoms with E-state index >= 15 is 0 Å². The van der Waals surface area contributed by atoms with Gasteiger partial charge >= 0.3 is 5.97 Å². The molecule has 1 heterocycles. The number of nitrogens with zero attached hydrogens (tertiary/aromatic N) is 2. The highest BCUT2D eigenvalue weighted by Crippen LogP contribution is 2.13. The summed E-state index contributed by atoms with van der Waals surface area (Å²) in [5, 5.41) is 16.2. The standard InChI is InChI=1S/C14H14ClN3O3/c1-9-12(15)8-18(17-9)7-6-13(19)16-11-4-2-10(3-5-11)14(20)21/h2-5,8H,6-7H2,1H3,(H,16,19)(H,20,21). The molecule has 0 aliphatic carbocycles. The van der Waals surface area contributed by atoms with Crippen LogP contribution in [0, 0.1) is 6.92 Å². The van der Waals surface area contributed by atoms with E-state index < -0.39 is 5.97 Å². The molecule has 21 heavy (non-hydrogen) atoms. The predicted octanol–water partition coefficient (Wildman–Crippen LogP) is 2.57. The molecule has 2 aromatic rings. The third-order valence-corrected chi connectivity index (χ3v) is 3.24. The maximum Gasteiger partial charge on any atom is 0.335 e. The van der Waals surface area contributed by atoms with Crippen molar-refractivity contribution in [3.05, 3.63) is 46.7 Å². The molecule has 0 unspecified atom stereocenters. The van der Waals surface area contributed by atoms with Crippen LogP contribution in [0.15, 0.2) is 30.5 Å². The largest absolute Gasteiger partial charge is 0.478 e. The second kappa shape index (κ2) is 6.41. The van der Waals surface area contributed by atoms with E-state index in [0.29, 0.717) is 17.3 Å². The summed E-state index contributed by atoms with van der Waals surface area (Å²) in [5.41, 5.74) is 1.45. The summed E-state index contributed by atoms with van der Waals surface area (Å²) in [5.74, 6) is -1.18. The topological polar surface area (TPSA) is 84.2 Å². The molecule has 0 aliphatic rings. The Hall–Kier alpha value is -2.34. The molecule has 110 valence electrons. The number of hydrogen-bond acceptors (Lipinski definition) is 3. The Labute approximate surface area is 126 Å². The number of rotatable bonds is 5. The summed E-state index contributed by atoms with van der Waals surface area (Å²) in [4.78, 5) is 22.5. The summed E-state index contributed by atoms with van der Waals surface area (Å²) < 4.78 is 1.62. The van der Waals surface area contributed by atoms with Gasteiger partial charge in [0.2, 0.25) is 5.91 Å². The number of anilines is 1. The van der Waals surface area contributed by atoms with Crippen LogP contribution in [-0.4, -0.2) is 26.8 Å². The fourth-order valence-corrected chi connectivity index (χ4v) is 1.89. The van der Waals surface area contributed by atoms with Crippen LogP contribution in [0.4, 0.5) is 5.69 Å². The molecule has 2 N–H and O–H groups in total. The van der Waals surface area contributed by atoms with Crippen molar-refractivity contribution in [1.82, 2.24) is 9.78 Å². The molecular formula is C14H14ClN3O3. The minimum Gasteiger partial charge on any atom is -0.478 e. The van der Waals surface area contributed by atoms with Crippen LogP contribution in [0.5, 0.6) is 0 Å². The Bertz CT molecular complexity index is 645. The average molecular weight is 308 g/mol. The second-order valence-electron chi connectivity index (χ2n) is 4.51. The van der Waals surface area contributed by atoms with Gasteiger partial charge in [0.25, 0.3) is 0 Å². The van der Waals surface area contributed by atoms with Gasteiger partial charge < -0.3 is 10.4 Å². The molecule has 0 spiro atoms. The van der Waals surface area contributed by atoms with E-state index in [1.807, 2.05) is 0 Å². The SMILES string of the molecule is Cc1nn(CCC(=O)Nc2ccc(C(=O)O)cc2)cc1Cl. The van der Waals surface area contributed by atoms with Gasteiger partial charge in [-0.15, -0.1) is 0 Å². The van der Waals surface area contributed by atoms with Crippen molar-refractivity contribution in [2.24, 2.45) is 0 Å². The Morgan fingerprint density at radius 3 is 2.52 bits per heavy atom. The first-order valence-corrected chi connectivity index (χ1v) is 6.66. The van der Waals surface area contributed by atoms with Crippen LogP contribution >= 0.6 is 11.6 Å². The minimum absolute atomic E-state index is 0.176. The molecular weight excluding hydrogens is 294 g/mol. The maximum absolute atomic E-state index is 11.8. The second-order valence-corrected chi connectivity index (χ2v) is 4.91. The summed E-state index contributed by atoms with van der Waals surface area (Å²) in [6, 6.07) is 5.98. The van der Waals surface area contributed by atoms with Gasteiger partial charge in [-0.05, 0) is 31.2 Å². The lowest BCUT2D eigenvalue weighted by molar-refractivity contribution is -0.116. The zero-order valence-corrected chi connectivity index (χ0v) is 12.1. The van der Waals surface area contributed by atoms with Crippen molar-refractivity contribution in [2.45, 2.75) is 19.9 Å². The van der Waals surface area contributed by atoms with E-state index in [1.54, 1.807) is 29.9 Å². The Morgan fingerprint density at radius 2 is 2.00 bits per heavy atom. The van der Waals surface area contributed by atoms with Crippen molar-refractivity contribution in [1.29, 1.82) is 0 Å². The van der Waals surface area contributed by atoms with Gasteiger partial charge in [-0.2, -0.15) is 5.10 Å². The molecule has 0 saturated heterocycles. The number of carbonyl (C=O) groups excluding carboxylic acids is 1. The zero-order valence-electron chi connectivity index (χ0n) is 11.3. The highest BCUT2D eigenvalue weighted by atomic mass is 35.5. The smallest absolute Gasteiger partial charge is 0.335 e. The van der Waals surface area contributed by atoms with Crippen LogP contribution < -0.4 is 5.32 Å². The van der Waals surface area contributed by atoms with Crippen molar-refractivity contribution in [2.75, 3.05) is 5.32 Å².